The lowest BCUT2D eigenvalue weighted by atomic mass is 10.0. The monoisotopic (exact) mass is 175 g/mol. The third-order valence-corrected chi connectivity index (χ3v) is 1.88. The maximum Gasteiger partial charge on any atom is 0.337 e. The van der Waals surface area contributed by atoms with Crippen molar-refractivity contribution in [3.8, 4) is 0 Å². The molecule has 2 atom stereocenters. The van der Waals surface area contributed by atoms with Crippen LogP contribution in [0.15, 0.2) is 0 Å². The zero-order valence-corrected chi connectivity index (χ0v) is 6.15. The molecule has 0 spiro atoms. The highest BCUT2D eigenvalue weighted by molar-refractivity contribution is 5.82. The van der Waals surface area contributed by atoms with Gasteiger partial charge in [-0.25, -0.2) is 4.79 Å². The van der Waals surface area contributed by atoms with Crippen molar-refractivity contribution in [3.05, 3.63) is 0 Å². The van der Waals surface area contributed by atoms with Crippen LogP contribution < -0.4 is 5.32 Å². The van der Waals surface area contributed by atoms with Crippen LogP contribution in [0.1, 0.15) is 6.42 Å². The molecule has 1 heterocycles. The molecule has 1 rings (SSSR count). The highest BCUT2D eigenvalue weighted by atomic mass is 16.4. The van der Waals surface area contributed by atoms with E-state index in [4.69, 9.17) is 10.2 Å². The van der Waals surface area contributed by atoms with Gasteiger partial charge in [-0.05, 0) is 0 Å². The van der Waals surface area contributed by atoms with Crippen molar-refractivity contribution in [2.24, 2.45) is 0 Å². The SMILES string of the molecule is O=C(O)C1CC(O)(C(=O)O)CN1. The van der Waals surface area contributed by atoms with E-state index in [1.165, 1.54) is 0 Å². The van der Waals surface area contributed by atoms with Gasteiger partial charge in [0, 0.05) is 13.0 Å². The predicted molar refractivity (Wildman–Crippen MR) is 36.6 cm³/mol. The van der Waals surface area contributed by atoms with Gasteiger partial charge in [-0.1, -0.05) is 0 Å². The Morgan fingerprint density at radius 1 is 1.42 bits per heavy atom. The van der Waals surface area contributed by atoms with Gasteiger partial charge in [0.05, 0.1) is 0 Å². The van der Waals surface area contributed by atoms with E-state index in [1.807, 2.05) is 0 Å². The minimum atomic E-state index is -1.93. The van der Waals surface area contributed by atoms with E-state index >= 15 is 0 Å². The van der Waals surface area contributed by atoms with E-state index < -0.39 is 23.6 Å². The second kappa shape index (κ2) is 2.72. The Labute approximate surface area is 67.8 Å². The maximum atomic E-state index is 10.4. The molecule has 0 aromatic rings. The number of rotatable bonds is 2. The van der Waals surface area contributed by atoms with Crippen molar-refractivity contribution in [1.82, 2.24) is 5.32 Å². The molecule has 1 saturated heterocycles. The summed E-state index contributed by atoms with van der Waals surface area (Å²) in [4.78, 5) is 20.8. The number of carboxylic acid groups (broad SMARTS) is 2. The van der Waals surface area contributed by atoms with Crippen molar-refractivity contribution in [2.45, 2.75) is 18.1 Å². The van der Waals surface area contributed by atoms with Crippen LogP contribution in [0.2, 0.25) is 0 Å². The number of hydrogen-bond donors (Lipinski definition) is 4. The molecule has 2 unspecified atom stereocenters. The van der Waals surface area contributed by atoms with Crippen molar-refractivity contribution in [1.29, 1.82) is 0 Å². The zero-order chi connectivity index (χ0) is 9.35. The normalized spacial score (nSPS) is 34.9. The molecule has 0 bridgehead atoms. The summed E-state index contributed by atoms with van der Waals surface area (Å²) in [5, 5.41) is 28.6. The van der Waals surface area contributed by atoms with Crippen LogP contribution in [0.3, 0.4) is 0 Å². The summed E-state index contributed by atoms with van der Waals surface area (Å²) < 4.78 is 0. The Morgan fingerprint density at radius 2 is 2.00 bits per heavy atom. The fourth-order valence-electron chi connectivity index (χ4n) is 1.11. The van der Waals surface area contributed by atoms with Crippen LogP contribution in [0, 0.1) is 0 Å². The molecule has 0 radical (unpaired) electrons. The Bertz CT molecular complexity index is 228. The molecule has 1 aliphatic heterocycles. The molecule has 6 heteroatoms. The Kier molecular flexibility index (Phi) is 2.03. The average Bonchev–Trinajstić information content (AvgIpc) is 2.33. The van der Waals surface area contributed by atoms with Gasteiger partial charge in [-0.3, -0.25) is 4.79 Å². The van der Waals surface area contributed by atoms with Gasteiger partial charge in [-0.2, -0.15) is 0 Å². The van der Waals surface area contributed by atoms with Crippen LogP contribution in [-0.4, -0.2) is 45.4 Å². The molecule has 0 amide bonds. The fourth-order valence-corrected chi connectivity index (χ4v) is 1.11. The quantitative estimate of drug-likeness (QED) is 0.396. The molecular weight excluding hydrogens is 166 g/mol. The lowest BCUT2D eigenvalue weighted by Gasteiger charge is -2.13. The first-order valence-corrected chi connectivity index (χ1v) is 3.38. The topological polar surface area (TPSA) is 107 Å². The summed E-state index contributed by atoms with van der Waals surface area (Å²) in [6.45, 7) is -0.223. The molecule has 0 aromatic heterocycles. The molecule has 0 aromatic carbocycles. The van der Waals surface area contributed by atoms with Gasteiger partial charge in [0.25, 0.3) is 0 Å². The number of hydrogen-bond acceptors (Lipinski definition) is 4. The molecule has 6 nitrogen and oxygen atoms in total. The summed E-state index contributed by atoms with van der Waals surface area (Å²) in [6.07, 6.45) is -0.294. The minimum Gasteiger partial charge on any atom is -0.480 e. The highest BCUT2D eigenvalue weighted by Crippen LogP contribution is 2.19. The number of β-amino-alcohol motifs (C(OH)–C–C–N with tert-alkyl or cyclic N) is 1. The number of nitrogens with one attached hydrogen (secondary N) is 1. The van der Waals surface area contributed by atoms with Crippen molar-refractivity contribution >= 4 is 11.9 Å². The van der Waals surface area contributed by atoms with E-state index in [-0.39, 0.29) is 13.0 Å². The van der Waals surface area contributed by atoms with Gasteiger partial charge in [0.2, 0.25) is 0 Å². The van der Waals surface area contributed by atoms with E-state index in [1.54, 1.807) is 0 Å². The molecule has 4 N–H and O–H groups in total. The largest absolute Gasteiger partial charge is 0.480 e. The lowest BCUT2D eigenvalue weighted by molar-refractivity contribution is -0.156. The minimum absolute atomic E-state index is 0.223. The van der Waals surface area contributed by atoms with Gasteiger partial charge in [0.1, 0.15) is 6.04 Å². The molecule has 12 heavy (non-hydrogen) atoms. The van der Waals surface area contributed by atoms with Crippen LogP contribution in [0.4, 0.5) is 0 Å². The summed E-state index contributed by atoms with van der Waals surface area (Å²) in [5.41, 5.74) is -1.93. The Morgan fingerprint density at radius 3 is 2.25 bits per heavy atom. The Balaban J connectivity index is 2.67. The highest BCUT2D eigenvalue weighted by Gasteiger charge is 2.46. The molecule has 68 valence electrons. The molecule has 0 saturated carbocycles. The van der Waals surface area contributed by atoms with Gasteiger partial charge in [0.15, 0.2) is 5.60 Å². The van der Waals surface area contributed by atoms with Crippen LogP contribution in [0.25, 0.3) is 0 Å². The molecule has 1 aliphatic rings. The first-order chi connectivity index (χ1) is 5.46. The van der Waals surface area contributed by atoms with Crippen LogP contribution in [0.5, 0.6) is 0 Å². The van der Waals surface area contributed by atoms with E-state index in [9.17, 15) is 14.7 Å². The predicted octanol–water partition coefficient (Wildman–Crippen LogP) is -1.75. The molecular formula is C6H9NO5. The number of carboxylic acids is 2. The van der Waals surface area contributed by atoms with Gasteiger partial charge in [-0.15, -0.1) is 0 Å². The van der Waals surface area contributed by atoms with E-state index in [2.05, 4.69) is 5.32 Å². The van der Waals surface area contributed by atoms with Crippen molar-refractivity contribution < 1.29 is 24.9 Å². The third kappa shape index (κ3) is 1.39. The molecule has 0 aliphatic carbocycles. The standard InChI is InChI=1S/C6H9NO5/c8-4(9)3-1-6(12,2-7-3)5(10)11/h3,7,12H,1-2H2,(H,8,9)(H,10,11). The smallest absolute Gasteiger partial charge is 0.337 e. The fraction of sp³-hybridized carbons (Fsp3) is 0.667. The van der Waals surface area contributed by atoms with Gasteiger partial charge >= 0.3 is 11.9 Å². The van der Waals surface area contributed by atoms with Crippen LogP contribution in [-0.2, 0) is 9.59 Å². The summed E-state index contributed by atoms with van der Waals surface area (Å²) >= 11 is 0. The first kappa shape index (κ1) is 8.95. The van der Waals surface area contributed by atoms with E-state index in [0.717, 1.165) is 0 Å². The number of aliphatic carboxylic acids is 2. The van der Waals surface area contributed by atoms with E-state index in [0.29, 0.717) is 0 Å². The first-order valence-electron chi connectivity index (χ1n) is 3.38. The zero-order valence-electron chi connectivity index (χ0n) is 6.15. The average molecular weight is 175 g/mol. The summed E-state index contributed by atoms with van der Waals surface area (Å²) in [7, 11) is 0. The van der Waals surface area contributed by atoms with Crippen LogP contribution >= 0.6 is 0 Å². The van der Waals surface area contributed by atoms with Gasteiger partial charge < -0.3 is 20.6 Å². The number of carbonyl (C=O) groups is 2. The second-order valence-electron chi connectivity index (χ2n) is 2.81. The third-order valence-electron chi connectivity index (χ3n) is 1.88. The molecule has 1 fully saturated rings. The summed E-state index contributed by atoms with van der Waals surface area (Å²) in [6, 6.07) is -0.967. The number of aliphatic hydroxyl groups is 1. The summed E-state index contributed by atoms with van der Waals surface area (Å²) in [5.74, 6) is -2.54. The maximum absolute atomic E-state index is 10.4. The van der Waals surface area contributed by atoms with Crippen molar-refractivity contribution in [3.63, 3.8) is 0 Å². The van der Waals surface area contributed by atoms with Crippen molar-refractivity contribution in [2.75, 3.05) is 6.54 Å². The Hall–Kier alpha value is -1.14. The lowest BCUT2D eigenvalue weighted by Crippen LogP contribution is -2.40. The second-order valence-corrected chi connectivity index (χ2v) is 2.81.